The molecule has 11 nitrogen and oxygen atoms in total. The third-order valence-electron chi connectivity index (χ3n) is 6.82. The van der Waals surface area contributed by atoms with E-state index < -0.39 is 66.2 Å². The van der Waals surface area contributed by atoms with E-state index in [0.29, 0.717) is 11.0 Å². The molecule has 2 atom stereocenters. The van der Waals surface area contributed by atoms with Crippen LogP contribution in [0.1, 0.15) is 36.1 Å². The smallest absolute Gasteiger partial charge is 0.334 e. The van der Waals surface area contributed by atoms with Crippen LogP contribution in [0.5, 0.6) is 0 Å². The molecular formula is C26H22F3N5O6S2. The van der Waals surface area contributed by atoms with Gasteiger partial charge in [-0.3, -0.25) is 4.90 Å². The number of amides is 4. The number of alkyl halides is 3. The summed E-state index contributed by atoms with van der Waals surface area (Å²) in [6.07, 6.45) is -3.95. The van der Waals surface area contributed by atoms with Gasteiger partial charge in [0.2, 0.25) is 0 Å². The van der Waals surface area contributed by atoms with Crippen molar-refractivity contribution in [3.8, 4) is 12.1 Å². The molecule has 4 rings (SSSR count). The Labute approximate surface area is 239 Å². The number of hydrogen-bond acceptors (Lipinski definition) is 8. The summed E-state index contributed by atoms with van der Waals surface area (Å²) in [5.41, 5.74) is -2.27. The molecule has 0 spiro atoms. The minimum atomic E-state index is -4.79. The second kappa shape index (κ2) is 10.8. The van der Waals surface area contributed by atoms with Crippen LogP contribution >= 0.6 is 0 Å². The molecule has 1 N–H and O–H groups in total. The Morgan fingerprint density at radius 3 is 2.36 bits per heavy atom. The number of anilines is 1. The second-order valence-electron chi connectivity index (χ2n) is 9.74. The predicted molar refractivity (Wildman–Crippen MR) is 142 cm³/mol. The number of halogens is 3. The van der Waals surface area contributed by atoms with E-state index >= 15 is 0 Å². The van der Waals surface area contributed by atoms with Gasteiger partial charge < -0.3 is 5.32 Å². The Morgan fingerprint density at radius 2 is 1.81 bits per heavy atom. The molecule has 2 aromatic rings. The SMILES string of the molecule is CC1=C(C#N)[C@@H](c2ccc(C#N)cc2S(C)(=O)=O)N(C(=O)NC2CCS(=O)(=O)C2)C(=O)N1c1cccc(C(F)(F)F)c1. The molecule has 0 radical (unpaired) electrons. The molecule has 16 heteroatoms. The average molecular weight is 622 g/mol. The number of nitrogens with zero attached hydrogens (tertiary/aromatic N) is 4. The molecule has 2 aliphatic heterocycles. The first-order chi connectivity index (χ1) is 19.5. The number of nitriles is 2. The number of nitrogens with one attached hydrogen (secondary N) is 1. The van der Waals surface area contributed by atoms with E-state index in [2.05, 4.69) is 5.32 Å². The number of allylic oxidation sites excluding steroid dienone is 1. The van der Waals surface area contributed by atoms with E-state index in [1.807, 2.05) is 6.07 Å². The lowest BCUT2D eigenvalue weighted by Gasteiger charge is -2.41. The molecule has 0 bridgehead atoms. The summed E-state index contributed by atoms with van der Waals surface area (Å²) in [6.45, 7) is 1.26. The summed E-state index contributed by atoms with van der Waals surface area (Å²) in [7, 11) is -7.62. The van der Waals surface area contributed by atoms with E-state index in [0.717, 1.165) is 41.5 Å². The van der Waals surface area contributed by atoms with Crippen LogP contribution in [0.25, 0.3) is 0 Å². The van der Waals surface area contributed by atoms with Gasteiger partial charge in [-0.1, -0.05) is 12.1 Å². The van der Waals surface area contributed by atoms with Gasteiger partial charge in [0.15, 0.2) is 19.7 Å². The van der Waals surface area contributed by atoms with E-state index in [9.17, 15) is 50.1 Å². The molecule has 0 aromatic heterocycles. The van der Waals surface area contributed by atoms with Crippen molar-refractivity contribution in [2.45, 2.75) is 36.5 Å². The van der Waals surface area contributed by atoms with Crippen molar-refractivity contribution < 1.29 is 39.6 Å². The first-order valence-corrected chi connectivity index (χ1v) is 15.9. The van der Waals surface area contributed by atoms with E-state index in [4.69, 9.17) is 0 Å². The van der Waals surface area contributed by atoms with E-state index in [1.165, 1.54) is 13.0 Å². The topological polar surface area (TPSA) is 169 Å². The van der Waals surface area contributed by atoms with Crippen LogP contribution in [0.15, 0.2) is 58.6 Å². The number of rotatable bonds is 4. The zero-order valence-corrected chi connectivity index (χ0v) is 23.6. The molecule has 0 aliphatic carbocycles. The van der Waals surface area contributed by atoms with Gasteiger partial charge in [0.25, 0.3) is 0 Å². The summed E-state index contributed by atoms with van der Waals surface area (Å²) >= 11 is 0. The molecule has 2 aliphatic rings. The zero-order chi connectivity index (χ0) is 31.2. The van der Waals surface area contributed by atoms with Crippen molar-refractivity contribution in [1.29, 1.82) is 10.5 Å². The van der Waals surface area contributed by atoms with Gasteiger partial charge in [0.05, 0.1) is 50.9 Å². The summed E-state index contributed by atoms with van der Waals surface area (Å²) in [5.74, 6) is -0.670. The maximum atomic E-state index is 14.0. The van der Waals surface area contributed by atoms with Gasteiger partial charge in [0.1, 0.15) is 6.04 Å². The van der Waals surface area contributed by atoms with Crippen LogP contribution in [0.3, 0.4) is 0 Å². The van der Waals surface area contributed by atoms with Crippen molar-refractivity contribution in [3.63, 3.8) is 0 Å². The lowest BCUT2D eigenvalue weighted by molar-refractivity contribution is -0.137. The summed E-state index contributed by atoms with van der Waals surface area (Å²) in [5, 5.41) is 22.0. The van der Waals surface area contributed by atoms with Gasteiger partial charge in [-0.15, -0.1) is 0 Å². The number of urea groups is 2. The van der Waals surface area contributed by atoms with Gasteiger partial charge >= 0.3 is 18.2 Å². The molecule has 1 unspecified atom stereocenters. The van der Waals surface area contributed by atoms with Gasteiger partial charge in [0, 0.05) is 18.0 Å². The number of benzene rings is 2. The highest BCUT2D eigenvalue weighted by Gasteiger charge is 2.46. The van der Waals surface area contributed by atoms with Crippen LogP contribution in [-0.2, 0) is 25.9 Å². The van der Waals surface area contributed by atoms with Crippen molar-refractivity contribution >= 4 is 37.4 Å². The van der Waals surface area contributed by atoms with Crippen molar-refractivity contribution in [2.24, 2.45) is 0 Å². The third kappa shape index (κ3) is 5.81. The van der Waals surface area contributed by atoms with Gasteiger partial charge in [-0.2, -0.15) is 23.7 Å². The fourth-order valence-corrected chi connectivity index (χ4v) is 7.50. The van der Waals surface area contributed by atoms with Gasteiger partial charge in [-0.25, -0.2) is 31.3 Å². The lowest BCUT2D eigenvalue weighted by Crippen LogP contribution is -2.56. The molecule has 1 fully saturated rings. The molecule has 1 saturated heterocycles. The highest BCUT2D eigenvalue weighted by atomic mass is 32.2. The van der Waals surface area contributed by atoms with Crippen LogP contribution in [0.4, 0.5) is 28.4 Å². The fraction of sp³-hybridized carbons (Fsp3) is 0.308. The normalized spacial score (nSPS) is 20.7. The Balaban J connectivity index is 1.97. The van der Waals surface area contributed by atoms with Crippen molar-refractivity contribution in [1.82, 2.24) is 10.2 Å². The number of sulfone groups is 2. The van der Waals surface area contributed by atoms with E-state index in [1.54, 1.807) is 6.07 Å². The van der Waals surface area contributed by atoms with Gasteiger partial charge in [-0.05, 0) is 49.2 Å². The number of imide groups is 1. The highest BCUT2D eigenvalue weighted by Crippen LogP contribution is 2.42. The number of carbonyl (C=O) groups is 2. The summed E-state index contributed by atoms with van der Waals surface area (Å²) in [4.78, 5) is 28.4. The molecule has 2 heterocycles. The van der Waals surface area contributed by atoms with Crippen LogP contribution in [0, 0.1) is 22.7 Å². The standard InChI is InChI=1S/C26H22F3N5O6S2/c1-15-21(13-31)23(20-7-6-16(12-30)10-22(20)41(2,37)38)34(24(35)32-18-8-9-42(39,40)14-18)25(36)33(15)19-5-3-4-17(11-19)26(27,28)29/h3-7,10-11,18,23H,8-9,14H2,1-2H3,(H,32,35)/t18?,23-/m1/s1. The van der Waals surface area contributed by atoms with Crippen molar-refractivity contribution in [3.05, 3.63) is 70.4 Å². The molecular weight excluding hydrogens is 599 g/mol. The van der Waals surface area contributed by atoms with Crippen LogP contribution < -0.4 is 10.2 Å². The first kappa shape index (κ1) is 30.5. The first-order valence-electron chi connectivity index (χ1n) is 12.1. The second-order valence-corrected chi connectivity index (χ2v) is 13.9. The number of hydrogen-bond donors (Lipinski definition) is 1. The molecule has 42 heavy (non-hydrogen) atoms. The van der Waals surface area contributed by atoms with Crippen LogP contribution in [0.2, 0.25) is 0 Å². The largest absolute Gasteiger partial charge is 0.416 e. The predicted octanol–water partition coefficient (Wildman–Crippen LogP) is 3.66. The molecule has 2 aromatic carbocycles. The summed E-state index contributed by atoms with van der Waals surface area (Å²) < 4.78 is 90.0. The Morgan fingerprint density at radius 1 is 1.12 bits per heavy atom. The van der Waals surface area contributed by atoms with Crippen molar-refractivity contribution in [2.75, 3.05) is 22.7 Å². The Kier molecular flexibility index (Phi) is 7.84. The summed E-state index contributed by atoms with van der Waals surface area (Å²) in [6, 6.07) is 5.61. The average Bonchev–Trinajstić information content (AvgIpc) is 3.24. The maximum Gasteiger partial charge on any atom is 0.416 e. The lowest BCUT2D eigenvalue weighted by atomic mass is 9.93. The molecule has 0 saturated carbocycles. The Hall–Kier alpha value is -4.41. The molecule has 220 valence electrons. The number of carbonyl (C=O) groups excluding carboxylic acids is 2. The minimum Gasteiger partial charge on any atom is -0.334 e. The fourth-order valence-electron chi connectivity index (χ4n) is 4.88. The Bertz CT molecular complexity index is 1830. The highest BCUT2D eigenvalue weighted by molar-refractivity contribution is 7.91. The quantitative estimate of drug-likeness (QED) is 0.540. The third-order valence-corrected chi connectivity index (χ3v) is 9.74. The minimum absolute atomic E-state index is 0.0174. The maximum absolute atomic E-state index is 14.0. The van der Waals surface area contributed by atoms with E-state index in [-0.39, 0.29) is 40.3 Å². The van der Waals surface area contributed by atoms with Crippen LogP contribution in [-0.4, -0.2) is 57.6 Å². The zero-order valence-electron chi connectivity index (χ0n) is 22.0. The monoisotopic (exact) mass is 621 g/mol. The molecule has 4 amide bonds.